The SMILES string of the molecule is Cc1cc2c(cc1C#N)c(-c1c(F)ccc(N)c1F)cn2CCCO. The van der Waals surface area contributed by atoms with Gasteiger partial charge < -0.3 is 15.4 Å². The number of nitrogens with zero attached hydrogens (tertiary/aromatic N) is 2. The van der Waals surface area contributed by atoms with Gasteiger partial charge in [-0.1, -0.05) is 0 Å². The van der Waals surface area contributed by atoms with Gasteiger partial charge in [-0.2, -0.15) is 5.26 Å². The first kappa shape index (κ1) is 16.9. The summed E-state index contributed by atoms with van der Waals surface area (Å²) >= 11 is 0. The fraction of sp³-hybridized carbons (Fsp3) is 0.211. The maximum Gasteiger partial charge on any atom is 0.156 e. The number of aliphatic hydroxyl groups excluding tert-OH is 1. The van der Waals surface area contributed by atoms with Crippen molar-refractivity contribution in [3.05, 3.63) is 53.2 Å². The standard InChI is InChI=1S/C19H17F2N3O/c1-11-7-17-13(8-12(11)9-22)14(10-24(17)5-2-6-25)18-15(20)3-4-16(23)19(18)21/h3-4,7-8,10,25H,2,5-6,23H2,1H3. The van der Waals surface area contributed by atoms with Crippen molar-refractivity contribution >= 4 is 16.6 Å². The topological polar surface area (TPSA) is 75.0 Å². The van der Waals surface area contributed by atoms with E-state index in [0.29, 0.717) is 29.5 Å². The number of aryl methyl sites for hydroxylation is 2. The number of hydrogen-bond donors (Lipinski definition) is 2. The predicted molar refractivity (Wildman–Crippen MR) is 92.9 cm³/mol. The van der Waals surface area contributed by atoms with Crippen LogP contribution >= 0.6 is 0 Å². The zero-order chi connectivity index (χ0) is 18.1. The smallest absolute Gasteiger partial charge is 0.156 e. The van der Waals surface area contributed by atoms with Crippen LogP contribution in [-0.2, 0) is 6.54 Å². The summed E-state index contributed by atoms with van der Waals surface area (Å²) in [6, 6.07) is 7.86. The van der Waals surface area contributed by atoms with Gasteiger partial charge in [-0.15, -0.1) is 0 Å². The molecule has 0 spiro atoms. The van der Waals surface area contributed by atoms with Gasteiger partial charge in [-0.25, -0.2) is 8.78 Å². The monoisotopic (exact) mass is 341 g/mol. The van der Waals surface area contributed by atoms with Crippen LogP contribution in [0.2, 0.25) is 0 Å². The predicted octanol–water partition coefficient (Wildman–Crippen LogP) is 3.73. The van der Waals surface area contributed by atoms with Crippen LogP contribution in [0.3, 0.4) is 0 Å². The van der Waals surface area contributed by atoms with Crippen molar-refractivity contribution in [2.24, 2.45) is 0 Å². The first-order chi connectivity index (χ1) is 12.0. The number of fused-ring (bicyclic) bond motifs is 1. The van der Waals surface area contributed by atoms with Gasteiger partial charge in [0.25, 0.3) is 0 Å². The summed E-state index contributed by atoms with van der Waals surface area (Å²) < 4.78 is 30.7. The molecular weight excluding hydrogens is 324 g/mol. The summed E-state index contributed by atoms with van der Waals surface area (Å²) in [5, 5.41) is 18.9. The Balaban J connectivity index is 2.36. The second-order valence-electron chi connectivity index (χ2n) is 5.94. The third-order valence-electron chi connectivity index (χ3n) is 4.30. The molecule has 0 saturated carbocycles. The maximum absolute atomic E-state index is 14.5. The fourth-order valence-electron chi connectivity index (χ4n) is 3.00. The molecule has 0 radical (unpaired) electrons. The molecular formula is C19H17F2N3O. The van der Waals surface area contributed by atoms with Gasteiger partial charge in [0.2, 0.25) is 0 Å². The highest BCUT2D eigenvalue weighted by molar-refractivity contribution is 5.98. The van der Waals surface area contributed by atoms with E-state index in [0.717, 1.165) is 17.1 Å². The zero-order valence-electron chi connectivity index (χ0n) is 13.7. The molecule has 0 aliphatic heterocycles. The largest absolute Gasteiger partial charge is 0.396 e. The third-order valence-corrected chi connectivity index (χ3v) is 4.30. The molecule has 128 valence electrons. The van der Waals surface area contributed by atoms with Crippen LogP contribution < -0.4 is 5.73 Å². The van der Waals surface area contributed by atoms with Gasteiger partial charge in [-0.3, -0.25) is 0 Å². The minimum absolute atomic E-state index is 0.00523. The number of nitriles is 1. The molecule has 6 heteroatoms. The second kappa shape index (κ2) is 6.54. The zero-order valence-corrected chi connectivity index (χ0v) is 13.7. The Labute approximate surface area is 143 Å². The highest BCUT2D eigenvalue weighted by atomic mass is 19.1. The average Bonchev–Trinajstić information content (AvgIpc) is 2.93. The molecule has 3 aromatic rings. The molecule has 0 unspecified atom stereocenters. The highest BCUT2D eigenvalue weighted by Crippen LogP contribution is 2.37. The number of aromatic nitrogens is 1. The Hall–Kier alpha value is -2.91. The summed E-state index contributed by atoms with van der Waals surface area (Å²) in [6.45, 7) is 2.30. The molecule has 3 rings (SSSR count). The summed E-state index contributed by atoms with van der Waals surface area (Å²) in [6.07, 6.45) is 2.14. The van der Waals surface area contributed by atoms with Gasteiger partial charge in [0.1, 0.15) is 5.82 Å². The summed E-state index contributed by atoms with van der Waals surface area (Å²) in [5.74, 6) is -1.53. The molecule has 0 aliphatic rings. The molecule has 1 aromatic heterocycles. The van der Waals surface area contributed by atoms with Crippen LogP contribution in [0.1, 0.15) is 17.5 Å². The van der Waals surface area contributed by atoms with Crippen molar-refractivity contribution in [2.45, 2.75) is 19.9 Å². The number of anilines is 1. The molecule has 3 N–H and O–H groups in total. The Morgan fingerprint density at radius 3 is 2.72 bits per heavy atom. The van der Waals surface area contributed by atoms with E-state index in [-0.39, 0.29) is 17.9 Å². The van der Waals surface area contributed by atoms with E-state index >= 15 is 0 Å². The van der Waals surface area contributed by atoms with Crippen LogP contribution in [-0.4, -0.2) is 16.3 Å². The number of benzene rings is 2. The number of halogens is 2. The molecule has 0 aliphatic carbocycles. The minimum atomic E-state index is -0.819. The minimum Gasteiger partial charge on any atom is -0.396 e. The van der Waals surface area contributed by atoms with Gasteiger partial charge in [-0.05, 0) is 43.2 Å². The van der Waals surface area contributed by atoms with Gasteiger partial charge in [0.05, 0.1) is 22.9 Å². The van der Waals surface area contributed by atoms with Crippen LogP contribution in [0.4, 0.5) is 14.5 Å². The van der Waals surface area contributed by atoms with Crippen molar-refractivity contribution in [1.29, 1.82) is 5.26 Å². The van der Waals surface area contributed by atoms with E-state index < -0.39 is 11.6 Å². The third kappa shape index (κ3) is 2.83. The molecule has 0 saturated heterocycles. The Kier molecular flexibility index (Phi) is 4.43. The van der Waals surface area contributed by atoms with Crippen molar-refractivity contribution in [2.75, 3.05) is 12.3 Å². The fourth-order valence-corrected chi connectivity index (χ4v) is 3.00. The van der Waals surface area contributed by atoms with E-state index in [2.05, 4.69) is 6.07 Å². The highest BCUT2D eigenvalue weighted by Gasteiger charge is 2.20. The van der Waals surface area contributed by atoms with Gasteiger partial charge in [0.15, 0.2) is 5.82 Å². The summed E-state index contributed by atoms with van der Waals surface area (Å²) in [5.41, 5.74) is 7.57. The van der Waals surface area contributed by atoms with E-state index in [9.17, 15) is 14.0 Å². The van der Waals surface area contributed by atoms with E-state index in [1.165, 1.54) is 6.07 Å². The van der Waals surface area contributed by atoms with Crippen molar-refractivity contribution in [1.82, 2.24) is 4.57 Å². The first-order valence-corrected chi connectivity index (χ1v) is 7.86. The lowest BCUT2D eigenvalue weighted by atomic mass is 9.99. The molecule has 0 fully saturated rings. The lowest BCUT2D eigenvalue weighted by Crippen LogP contribution is -1.99. The molecule has 2 aromatic carbocycles. The summed E-state index contributed by atoms with van der Waals surface area (Å²) in [4.78, 5) is 0. The molecule has 0 bridgehead atoms. The van der Waals surface area contributed by atoms with Crippen LogP contribution in [0.5, 0.6) is 0 Å². The number of hydrogen-bond acceptors (Lipinski definition) is 3. The number of nitrogen functional groups attached to an aromatic ring is 1. The normalized spacial score (nSPS) is 11.0. The second-order valence-corrected chi connectivity index (χ2v) is 5.94. The lowest BCUT2D eigenvalue weighted by molar-refractivity contribution is 0.280. The van der Waals surface area contributed by atoms with E-state index in [1.54, 1.807) is 12.3 Å². The van der Waals surface area contributed by atoms with Crippen LogP contribution in [0.15, 0.2) is 30.5 Å². The molecule has 0 atom stereocenters. The Morgan fingerprint density at radius 1 is 1.28 bits per heavy atom. The number of nitrogens with two attached hydrogens (primary N) is 1. The molecule has 4 nitrogen and oxygen atoms in total. The molecule has 1 heterocycles. The Morgan fingerprint density at radius 2 is 2.04 bits per heavy atom. The maximum atomic E-state index is 14.5. The summed E-state index contributed by atoms with van der Waals surface area (Å²) in [7, 11) is 0. The Bertz CT molecular complexity index is 1000. The van der Waals surface area contributed by atoms with Crippen molar-refractivity contribution in [3.63, 3.8) is 0 Å². The average molecular weight is 341 g/mol. The van der Waals surface area contributed by atoms with Crippen LogP contribution in [0.25, 0.3) is 22.0 Å². The van der Waals surface area contributed by atoms with Gasteiger partial charge >= 0.3 is 0 Å². The molecule has 25 heavy (non-hydrogen) atoms. The van der Waals surface area contributed by atoms with Gasteiger partial charge in [0, 0.05) is 35.8 Å². The lowest BCUT2D eigenvalue weighted by Gasteiger charge is -2.07. The first-order valence-electron chi connectivity index (χ1n) is 7.86. The molecule has 0 amide bonds. The van der Waals surface area contributed by atoms with E-state index in [1.807, 2.05) is 17.6 Å². The number of rotatable bonds is 4. The van der Waals surface area contributed by atoms with Crippen molar-refractivity contribution in [3.8, 4) is 17.2 Å². The van der Waals surface area contributed by atoms with E-state index in [4.69, 9.17) is 10.8 Å². The van der Waals surface area contributed by atoms with Crippen molar-refractivity contribution < 1.29 is 13.9 Å². The number of aliphatic hydroxyl groups is 1. The quantitative estimate of drug-likeness (QED) is 0.710. The van der Waals surface area contributed by atoms with Crippen LogP contribution in [0, 0.1) is 29.9 Å².